The van der Waals surface area contributed by atoms with Gasteiger partial charge in [-0.1, -0.05) is 17.4 Å². The molecule has 2 rings (SSSR count). The number of carbonyl (C=O) groups excluding carboxylic acids is 2. The fraction of sp³-hybridized carbons (Fsp3) is 0.267. The SMILES string of the molecule is CCOc1cccc(C(=O)Nc2nc(C)c(C(C)=O)s2)c1. The summed E-state index contributed by atoms with van der Waals surface area (Å²) in [5.74, 6) is 0.314. The molecule has 0 radical (unpaired) electrons. The molecule has 1 aromatic carbocycles. The predicted molar refractivity (Wildman–Crippen MR) is 82.4 cm³/mol. The fourth-order valence-corrected chi connectivity index (χ4v) is 2.70. The molecule has 0 aliphatic rings. The number of carbonyl (C=O) groups is 2. The summed E-state index contributed by atoms with van der Waals surface area (Å²) in [6.07, 6.45) is 0. The van der Waals surface area contributed by atoms with Crippen molar-refractivity contribution < 1.29 is 14.3 Å². The van der Waals surface area contributed by atoms with Crippen LogP contribution in [0.25, 0.3) is 0 Å². The minimum Gasteiger partial charge on any atom is -0.494 e. The molecule has 0 fully saturated rings. The average molecular weight is 304 g/mol. The van der Waals surface area contributed by atoms with Gasteiger partial charge in [-0.05, 0) is 32.0 Å². The van der Waals surface area contributed by atoms with Crippen LogP contribution in [-0.4, -0.2) is 23.3 Å². The molecule has 0 atom stereocenters. The zero-order chi connectivity index (χ0) is 15.4. The Bertz CT molecular complexity index is 679. The first kappa shape index (κ1) is 15.2. The predicted octanol–water partition coefficient (Wildman–Crippen LogP) is 3.31. The highest BCUT2D eigenvalue weighted by atomic mass is 32.1. The van der Waals surface area contributed by atoms with Gasteiger partial charge in [-0.15, -0.1) is 0 Å². The minimum atomic E-state index is -0.277. The number of Topliss-reactive ketones (excluding diaryl/α,β-unsaturated/α-hetero) is 1. The molecule has 1 amide bonds. The number of rotatable bonds is 5. The highest BCUT2D eigenvalue weighted by molar-refractivity contribution is 7.17. The molecule has 0 spiro atoms. The third-order valence-electron chi connectivity index (χ3n) is 2.74. The highest BCUT2D eigenvalue weighted by Crippen LogP contribution is 2.23. The molecule has 5 nitrogen and oxygen atoms in total. The van der Waals surface area contributed by atoms with Gasteiger partial charge < -0.3 is 4.74 Å². The van der Waals surface area contributed by atoms with Crippen molar-refractivity contribution in [3.63, 3.8) is 0 Å². The van der Waals surface area contributed by atoms with Crippen LogP contribution < -0.4 is 10.1 Å². The number of ketones is 1. The number of nitrogens with zero attached hydrogens (tertiary/aromatic N) is 1. The van der Waals surface area contributed by atoms with Crippen LogP contribution in [0.2, 0.25) is 0 Å². The number of benzene rings is 1. The van der Waals surface area contributed by atoms with Gasteiger partial charge in [0.05, 0.1) is 17.2 Å². The van der Waals surface area contributed by atoms with Crippen molar-refractivity contribution in [2.75, 3.05) is 11.9 Å². The van der Waals surface area contributed by atoms with Gasteiger partial charge in [0.25, 0.3) is 5.91 Å². The van der Waals surface area contributed by atoms with Crippen LogP contribution in [0.4, 0.5) is 5.13 Å². The molecule has 21 heavy (non-hydrogen) atoms. The number of nitrogens with one attached hydrogen (secondary N) is 1. The Morgan fingerprint density at radius 3 is 2.76 bits per heavy atom. The molecule has 1 heterocycles. The fourth-order valence-electron chi connectivity index (χ4n) is 1.84. The van der Waals surface area contributed by atoms with Gasteiger partial charge in [0.15, 0.2) is 10.9 Å². The lowest BCUT2D eigenvalue weighted by Gasteiger charge is -2.05. The first-order chi connectivity index (χ1) is 10.0. The Morgan fingerprint density at radius 1 is 1.38 bits per heavy atom. The van der Waals surface area contributed by atoms with E-state index in [1.807, 2.05) is 6.92 Å². The molecule has 0 aliphatic heterocycles. The summed E-state index contributed by atoms with van der Waals surface area (Å²) in [5, 5.41) is 3.13. The largest absolute Gasteiger partial charge is 0.494 e. The maximum absolute atomic E-state index is 12.2. The summed E-state index contributed by atoms with van der Waals surface area (Å²) in [6, 6.07) is 6.92. The normalized spacial score (nSPS) is 10.2. The van der Waals surface area contributed by atoms with E-state index in [1.54, 1.807) is 31.2 Å². The molecular formula is C15H16N2O3S. The zero-order valence-corrected chi connectivity index (χ0v) is 12.9. The lowest BCUT2D eigenvalue weighted by atomic mass is 10.2. The summed E-state index contributed by atoms with van der Waals surface area (Å²) in [4.78, 5) is 28.3. The third-order valence-corrected chi connectivity index (χ3v) is 3.92. The van der Waals surface area contributed by atoms with Gasteiger partial charge in [-0.2, -0.15) is 0 Å². The van der Waals surface area contributed by atoms with E-state index in [-0.39, 0.29) is 11.7 Å². The van der Waals surface area contributed by atoms with Crippen molar-refractivity contribution in [1.29, 1.82) is 0 Å². The molecule has 0 saturated heterocycles. The Kier molecular flexibility index (Phi) is 4.70. The van der Waals surface area contributed by atoms with Crippen LogP contribution in [0.1, 0.15) is 39.6 Å². The Labute approximate surface area is 127 Å². The molecular weight excluding hydrogens is 288 g/mol. The smallest absolute Gasteiger partial charge is 0.257 e. The summed E-state index contributed by atoms with van der Waals surface area (Å²) < 4.78 is 5.36. The van der Waals surface area contributed by atoms with Crippen LogP contribution in [0, 0.1) is 6.92 Å². The second-order valence-corrected chi connectivity index (χ2v) is 5.40. The second-order valence-electron chi connectivity index (χ2n) is 4.40. The van der Waals surface area contributed by atoms with Crippen LogP contribution >= 0.6 is 11.3 Å². The van der Waals surface area contributed by atoms with Crippen molar-refractivity contribution in [3.8, 4) is 5.75 Å². The number of amides is 1. The van der Waals surface area contributed by atoms with Gasteiger partial charge in [0.2, 0.25) is 0 Å². The van der Waals surface area contributed by atoms with Crippen LogP contribution in [0.5, 0.6) is 5.75 Å². The monoisotopic (exact) mass is 304 g/mol. The number of aromatic nitrogens is 1. The van der Waals surface area contributed by atoms with Gasteiger partial charge >= 0.3 is 0 Å². The quantitative estimate of drug-likeness (QED) is 0.861. The molecule has 110 valence electrons. The standard InChI is InChI=1S/C15H16N2O3S/c1-4-20-12-7-5-6-11(8-12)14(19)17-15-16-9(2)13(21-15)10(3)18/h5-8H,4H2,1-3H3,(H,16,17,19). The first-order valence-corrected chi connectivity index (χ1v) is 7.35. The number of thiazole rings is 1. The van der Waals surface area contributed by atoms with E-state index in [1.165, 1.54) is 18.3 Å². The van der Waals surface area contributed by atoms with Crippen LogP contribution in [-0.2, 0) is 0 Å². The van der Waals surface area contributed by atoms with E-state index < -0.39 is 0 Å². The summed E-state index contributed by atoms with van der Waals surface area (Å²) in [6.45, 7) is 5.66. The maximum Gasteiger partial charge on any atom is 0.257 e. The van der Waals surface area contributed by atoms with E-state index in [2.05, 4.69) is 10.3 Å². The number of hydrogen-bond acceptors (Lipinski definition) is 5. The third kappa shape index (κ3) is 3.66. The minimum absolute atomic E-state index is 0.0520. The number of anilines is 1. The van der Waals surface area contributed by atoms with Crippen LogP contribution in [0.15, 0.2) is 24.3 Å². The van der Waals surface area contributed by atoms with E-state index in [0.29, 0.717) is 33.6 Å². The van der Waals surface area contributed by atoms with Crippen LogP contribution in [0.3, 0.4) is 0 Å². The van der Waals surface area contributed by atoms with E-state index in [4.69, 9.17) is 4.74 Å². The lowest BCUT2D eigenvalue weighted by molar-refractivity contribution is 0.101. The first-order valence-electron chi connectivity index (χ1n) is 6.53. The summed E-state index contributed by atoms with van der Waals surface area (Å²) >= 11 is 1.18. The summed E-state index contributed by atoms with van der Waals surface area (Å²) in [5.41, 5.74) is 1.11. The van der Waals surface area contributed by atoms with E-state index in [9.17, 15) is 9.59 Å². The molecule has 1 aromatic heterocycles. The molecule has 1 N–H and O–H groups in total. The molecule has 0 saturated carbocycles. The average Bonchev–Trinajstić information content (AvgIpc) is 2.80. The van der Waals surface area contributed by atoms with Crippen molar-refractivity contribution in [2.24, 2.45) is 0 Å². The Morgan fingerprint density at radius 2 is 2.14 bits per heavy atom. The molecule has 0 bridgehead atoms. The lowest BCUT2D eigenvalue weighted by Crippen LogP contribution is -2.11. The maximum atomic E-state index is 12.2. The van der Waals surface area contributed by atoms with Crippen molar-refractivity contribution in [3.05, 3.63) is 40.4 Å². The molecule has 2 aromatic rings. The number of hydrogen-bond donors (Lipinski definition) is 1. The second kappa shape index (κ2) is 6.49. The van der Waals surface area contributed by atoms with Crippen molar-refractivity contribution >= 4 is 28.2 Å². The van der Waals surface area contributed by atoms with Gasteiger partial charge in [0.1, 0.15) is 5.75 Å². The molecule has 6 heteroatoms. The zero-order valence-electron chi connectivity index (χ0n) is 12.1. The highest BCUT2D eigenvalue weighted by Gasteiger charge is 2.14. The molecule has 0 aliphatic carbocycles. The van der Waals surface area contributed by atoms with Gasteiger partial charge in [0, 0.05) is 12.5 Å². The number of ether oxygens (including phenoxy) is 1. The number of aryl methyl sites for hydroxylation is 1. The van der Waals surface area contributed by atoms with E-state index >= 15 is 0 Å². The van der Waals surface area contributed by atoms with E-state index in [0.717, 1.165) is 0 Å². The van der Waals surface area contributed by atoms with Gasteiger partial charge in [-0.25, -0.2) is 4.98 Å². The van der Waals surface area contributed by atoms with Crippen molar-refractivity contribution in [2.45, 2.75) is 20.8 Å². The van der Waals surface area contributed by atoms with Gasteiger partial charge in [-0.3, -0.25) is 14.9 Å². The Hall–Kier alpha value is -2.21. The molecule has 0 unspecified atom stereocenters. The summed E-state index contributed by atoms with van der Waals surface area (Å²) in [7, 11) is 0. The Balaban J connectivity index is 2.16. The topological polar surface area (TPSA) is 68.3 Å². The van der Waals surface area contributed by atoms with Crippen molar-refractivity contribution in [1.82, 2.24) is 4.98 Å².